The Labute approximate surface area is 405 Å². The van der Waals surface area contributed by atoms with Crippen molar-refractivity contribution < 1.29 is 60.1 Å². The van der Waals surface area contributed by atoms with Crippen LogP contribution in [0.3, 0.4) is 0 Å². The summed E-state index contributed by atoms with van der Waals surface area (Å²) in [5.74, 6) is -3.87. The molecule has 3 aromatic rings. The number of nitrogens with one attached hydrogen (secondary N) is 2. The summed E-state index contributed by atoms with van der Waals surface area (Å²) in [6.45, 7) is 7.29. The zero-order valence-electron chi connectivity index (χ0n) is 39.9. The molecule has 1 aromatic carbocycles. The fourth-order valence-electron chi connectivity index (χ4n) is 10.2. The molecule has 0 bridgehead atoms. The van der Waals surface area contributed by atoms with E-state index in [2.05, 4.69) is 15.0 Å². The lowest BCUT2D eigenvalue weighted by Gasteiger charge is -2.50. The Hall–Kier alpha value is -5.76. The molecular weight excluding hydrogens is 934 g/mol. The van der Waals surface area contributed by atoms with E-state index in [1.165, 1.54) is 6.92 Å². The first kappa shape index (κ1) is 50.6. The topological polar surface area (TPSA) is 207 Å². The summed E-state index contributed by atoms with van der Waals surface area (Å²) in [5.41, 5.74) is -2.78. The minimum absolute atomic E-state index is 0.0324. The zero-order chi connectivity index (χ0) is 50.4. The van der Waals surface area contributed by atoms with Crippen molar-refractivity contribution in [1.29, 1.82) is 0 Å². The number of benzene rings is 1. The number of fused-ring (bicyclic) bond motifs is 2. The van der Waals surface area contributed by atoms with Crippen LogP contribution in [0.4, 0.5) is 18.0 Å². The molecule has 70 heavy (non-hydrogen) atoms. The Bertz CT molecular complexity index is 2590. The molecule has 20 heteroatoms. The third-order valence-corrected chi connectivity index (χ3v) is 16.6. The van der Waals surface area contributed by atoms with Gasteiger partial charge in [-0.25, -0.2) is 18.2 Å². The van der Waals surface area contributed by atoms with Gasteiger partial charge < -0.3 is 29.5 Å². The third kappa shape index (κ3) is 10.2. The van der Waals surface area contributed by atoms with E-state index >= 15 is 18.0 Å². The number of carboxylic acid groups (broad SMARTS) is 1. The highest BCUT2D eigenvalue weighted by Gasteiger charge is 2.66. The van der Waals surface area contributed by atoms with Crippen molar-refractivity contribution in [1.82, 2.24) is 29.8 Å². The number of alkyl halides is 3. The molecule has 2 aromatic heterocycles. The maximum Gasteiger partial charge on any atom is 0.414 e. The molecule has 3 aliphatic heterocycles. The lowest BCUT2D eigenvalue weighted by molar-refractivity contribution is -0.260. The molecule has 0 radical (unpaired) electrons. The molecule has 2 saturated heterocycles. The number of pyridine rings is 2. The number of ether oxygens (including phenoxy) is 3. The molecule has 1 unspecified atom stereocenters. The minimum atomic E-state index is -5.17. The normalized spacial score (nSPS) is 29.1. The number of amides is 4. The van der Waals surface area contributed by atoms with Crippen molar-refractivity contribution >= 4 is 33.8 Å². The van der Waals surface area contributed by atoms with Crippen LogP contribution in [0.5, 0.6) is 11.5 Å². The van der Waals surface area contributed by atoms with Gasteiger partial charge in [-0.05, 0) is 120 Å². The van der Waals surface area contributed by atoms with Gasteiger partial charge in [0.2, 0.25) is 21.8 Å². The van der Waals surface area contributed by atoms with Crippen molar-refractivity contribution in [2.45, 2.75) is 139 Å². The van der Waals surface area contributed by atoms with Gasteiger partial charge in [-0.2, -0.15) is 13.2 Å². The lowest BCUT2D eigenvalue weighted by Crippen LogP contribution is -2.71. The van der Waals surface area contributed by atoms with Crippen molar-refractivity contribution in [2.24, 2.45) is 17.8 Å². The Morgan fingerprint density at radius 1 is 1.01 bits per heavy atom. The summed E-state index contributed by atoms with van der Waals surface area (Å²) in [4.78, 5) is 68.8. The molecule has 4 fully saturated rings. The van der Waals surface area contributed by atoms with Crippen LogP contribution >= 0.6 is 0 Å². The SMILES string of the molecule is CC(C)Oc1ccc(-c2cc(O[C@@H]3C[C@H]4C(=O)N[C@]5(C(=O)NS(=O)(=O)C6(C)CC6)C[C@H]5C=CCC[C@@H](C)C[C@@H](C)[C@H](N(C(=O)O)C5(C(F)(F)F)CCCOC5)C(=O)N4C3)cc(-c3ccccn3)n2)cc1. The first-order valence-electron chi connectivity index (χ1n) is 24.0. The van der Waals surface area contributed by atoms with E-state index in [-0.39, 0.29) is 61.5 Å². The molecule has 4 amide bonds. The van der Waals surface area contributed by atoms with Crippen molar-refractivity contribution in [3.8, 4) is 34.1 Å². The monoisotopic (exact) mass is 994 g/mol. The van der Waals surface area contributed by atoms with Crippen LogP contribution in [0, 0.1) is 17.8 Å². The van der Waals surface area contributed by atoms with Crippen molar-refractivity contribution in [3.63, 3.8) is 0 Å². The highest BCUT2D eigenvalue weighted by Crippen LogP contribution is 2.49. The second-order valence-corrected chi connectivity index (χ2v) is 22.4. The molecule has 5 heterocycles. The Morgan fingerprint density at radius 3 is 2.37 bits per heavy atom. The van der Waals surface area contributed by atoms with E-state index in [0.717, 1.165) is 4.90 Å². The van der Waals surface area contributed by atoms with Gasteiger partial charge in [-0.1, -0.05) is 32.1 Å². The summed E-state index contributed by atoms with van der Waals surface area (Å²) >= 11 is 0. The number of hydrogen-bond acceptors (Lipinski definition) is 11. The van der Waals surface area contributed by atoms with E-state index in [9.17, 15) is 27.9 Å². The number of carbonyl (C=O) groups is 4. The number of nitrogens with zero attached hydrogens (tertiary/aromatic N) is 4. The minimum Gasteiger partial charge on any atom is -0.491 e. The van der Waals surface area contributed by atoms with Crippen LogP contribution in [-0.4, -0.2) is 123 Å². The van der Waals surface area contributed by atoms with E-state index in [4.69, 9.17) is 19.2 Å². The van der Waals surface area contributed by atoms with Crippen LogP contribution in [0.2, 0.25) is 0 Å². The average molecular weight is 995 g/mol. The zero-order valence-corrected chi connectivity index (χ0v) is 40.7. The summed E-state index contributed by atoms with van der Waals surface area (Å²) in [6.07, 6.45) is -2.32. The fourth-order valence-corrected chi connectivity index (χ4v) is 11.5. The molecule has 8 atom stereocenters. The second kappa shape index (κ2) is 19.4. The van der Waals surface area contributed by atoms with E-state index in [1.807, 2.05) is 39.0 Å². The highest BCUT2D eigenvalue weighted by atomic mass is 32.2. The van der Waals surface area contributed by atoms with E-state index in [1.54, 1.807) is 61.7 Å². The molecule has 2 saturated carbocycles. The van der Waals surface area contributed by atoms with E-state index < -0.39 is 98.9 Å². The largest absolute Gasteiger partial charge is 0.491 e. The van der Waals surface area contributed by atoms with Crippen LogP contribution in [0.25, 0.3) is 22.6 Å². The van der Waals surface area contributed by atoms with Gasteiger partial charge in [0.15, 0.2) is 5.54 Å². The molecule has 16 nitrogen and oxygen atoms in total. The molecule has 8 rings (SSSR count). The van der Waals surface area contributed by atoms with Gasteiger partial charge in [0.05, 0.1) is 41.1 Å². The summed E-state index contributed by atoms with van der Waals surface area (Å²) in [7, 11) is -4.16. The van der Waals surface area contributed by atoms with E-state index in [0.29, 0.717) is 54.1 Å². The van der Waals surface area contributed by atoms with Gasteiger partial charge >= 0.3 is 12.3 Å². The number of halogens is 3. The van der Waals surface area contributed by atoms with Gasteiger partial charge in [-0.3, -0.25) is 29.0 Å². The highest BCUT2D eigenvalue weighted by molar-refractivity contribution is 7.91. The summed E-state index contributed by atoms with van der Waals surface area (Å²) < 4.78 is 92.4. The lowest BCUT2D eigenvalue weighted by atomic mass is 9.82. The van der Waals surface area contributed by atoms with Crippen LogP contribution in [0.15, 0.2) is 72.9 Å². The molecule has 378 valence electrons. The molecule has 5 aliphatic rings. The van der Waals surface area contributed by atoms with Crippen molar-refractivity contribution in [3.05, 3.63) is 72.9 Å². The summed E-state index contributed by atoms with van der Waals surface area (Å²) in [5, 5.41) is 13.7. The maximum atomic E-state index is 15.6. The Morgan fingerprint density at radius 2 is 1.74 bits per heavy atom. The van der Waals surface area contributed by atoms with Gasteiger partial charge in [0, 0.05) is 42.8 Å². The molecule has 3 N–H and O–H groups in total. The van der Waals surface area contributed by atoms with Crippen LogP contribution < -0.4 is 19.5 Å². The second-order valence-electron chi connectivity index (χ2n) is 20.2. The van der Waals surface area contributed by atoms with Crippen molar-refractivity contribution in [2.75, 3.05) is 19.8 Å². The quantitative estimate of drug-likeness (QED) is 0.162. The maximum absolute atomic E-state index is 15.6. The van der Waals surface area contributed by atoms with Gasteiger partial charge in [0.25, 0.3) is 5.91 Å². The summed E-state index contributed by atoms with van der Waals surface area (Å²) in [6, 6.07) is 12.4. The van der Waals surface area contributed by atoms with Crippen LogP contribution in [0.1, 0.15) is 92.4 Å². The molecule has 2 aliphatic carbocycles. The average Bonchev–Trinajstić information content (AvgIpc) is 4.19. The Balaban J connectivity index is 1.21. The first-order valence-corrected chi connectivity index (χ1v) is 25.4. The smallest absolute Gasteiger partial charge is 0.414 e. The predicted octanol–water partition coefficient (Wildman–Crippen LogP) is 7.29. The number of allylic oxidation sites excluding steroid dienone is 1. The van der Waals surface area contributed by atoms with Crippen LogP contribution in [-0.2, 0) is 29.1 Å². The Kier molecular flexibility index (Phi) is 14.1. The van der Waals surface area contributed by atoms with Gasteiger partial charge in [0.1, 0.15) is 35.2 Å². The first-order chi connectivity index (χ1) is 33.1. The predicted molar refractivity (Wildman–Crippen MR) is 251 cm³/mol. The number of sulfonamides is 1. The number of aromatic nitrogens is 2. The number of carbonyl (C=O) groups excluding carboxylic acids is 3. The number of hydrogen-bond donors (Lipinski definition) is 3. The van der Waals surface area contributed by atoms with Gasteiger partial charge in [-0.15, -0.1) is 0 Å². The molecule has 0 spiro atoms. The standard InChI is InChI=1S/C50H61F3N6O10S/c1-30(2)68-35-16-14-33(15-17-35)39-24-36(25-40(55-39)38-13-8-9-21-54-38)69-37-26-41-43(60)56-49(45(62)57-70(65,66)47(5)19-20-47)27-34(49)12-7-6-11-31(3)23-32(4)42(44(61)58(41)28-37)59(46(63)64)48(50(51,52)53)18-10-22-67-29-48/h7-9,12-17,21,24-25,30-32,34,37,41-42H,6,10-11,18-20,22-23,26-29H2,1-5H3,(H,56,60)(H,57,62)(H,63,64)/t31-,32-,34-,37-,41+,42+,48?,49-/m1/s1. The fraction of sp³-hybridized carbons (Fsp3) is 0.560. The third-order valence-electron chi connectivity index (χ3n) is 14.4. The number of rotatable bonds is 11. The molecular formula is C50H61F3N6O10S.